The molecule has 2 aliphatic heterocycles. The van der Waals surface area contributed by atoms with Crippen LogP contribution in [0.2, 0.25) is 0 Å². The molecule has 0 bridgehead atoms. The first-order valence-electron chi connectivity index (χ1n) is 10.4. The average molecular weight is 386 g/mol. The van der Waals surface area contributed by atoms with Crippen molar-refractivity contribution in [2.24, 2.45) is 0 Å². The minimum absolute atomic E-state index is 0.0224. The monoisotopic (exact) mass is 386 g/mol. The maximum absolute atomic E-state index is 13.2. The minimum atomic E-state index is -0.977. The Morgan fingerprint density at radius 1 is 0.964 bits per heavy atom. The minimum Gasteiger partial charge on any atom is -0.465 e. The van der Waals surface area contributed by atoms with Crippen LogP contribution in [-0.2, 0) is 11.3 Å². The summed E-state index contributed by atoms with van der Waals surface area (Å²) >= 11 is 0. The van der Waals surface area contributed by atoms with E-state index in [4.69, 9.17) is 0 Å². The van der Waals surface area contributed by atoms with Crippen LogP contribution in [0.5, 0.6) is 0 Å². The zero-order valence-electron chi connectivity index (χ0n) is 16.4. The molecule has 1 aromatic rings. The smallest absolute Gasteiger partial charge is 0.408 e. The van der Waals surface area contributed by atoms with Crippen molar-refractivity contribution in [2.45, 2.75) is 37.9 Å². The van der Waals surface area contributed by atoms with Gasteiger partial charge in [0.1, 0.15) is 6.04 Å². The Morgan fingerprint density at radius 2 is 1.68 bits per heavy atom. The molecule has 4 rings (SSSR count). The van der Waals surface area contributed by atoms with Crippen LogP contribution in [0.1, 0.15) is 24.8 Å². The van der Waals surface area contributed by atoms with Gasteiger partial charge in [-0.25, -0.2) is 4.79 Å². The zero-order valence-corrected chi connectivity index (χ0v) is 16.4. The average Bonchev–Trinajstić information content (AvgIpc) is 2.67. The molecule has 0 aromatic heterocycles. The predicted molar refractivity (Wildman–Crippen MR) is 106 cm³/mol. The number of carbonyl (C=O) groups is 2. The van der Waals surface area contributed by atoms with Gasteiger partial charge in [-0.2, -0.15) is 0 Å². The van der Waals surface area contributed by atoms with E-state index >= 15 is 0 Å². The number of nitrogens with zero attached hydrogens (tertiary/aromatic N) is 4. The Kier molecular flexibility index (Phi) is 5.82. The molecule has 1 aromatic carbocycles. The van der Waals surface area contributed by atoms with E-state index in [-0.39, 0.29) is 5.91 Å². The molecule has 7 nitrogen and oxygen atoms in total. The van der Waals surface area contributed by atoms with E-state index in [1.54, 1.807) is 0 Å². The zero-order chi connectivity index (χ0) is 19.5. The number of amides is 2. The second-order valence-corrected chi connectivity index (χ2v) is 8.16. The number of rotatable bonds is 4. The van der Waals surface area contributed by atoms with Gasteiger partial charge in [-0.3, -0.25) is 19.5 Å². The fraction of sp³-hybridized carbons (Fsp3) is 0.619. The van der Waals surface area contributed by atoms with Crippen molar-refractivity contribution in [3.8, 4) is 0 Å². The van der Waals surface area contributed by atoms with Gasteiger partial charge in [0.2, 0.25) is 5.91 Å². The van der Waals surface area contributed by atoms with Gasteiger partial charge in [0.05, 0.1) is 0 Å². The molecule has 1 aliphatic carbocycles. The lowest BCUT2D eigenvalue weighted by atomic mass is 9.90. The Morgan fingerprint density at radius 3 is 2.29 bits per heavy atom. The van der Waals surface area contributed by atoms with Crippen LogP contribution >= 0.6 is 0 Å². The van der Waals surface area contributed by atoms with Crippen molar-refractivity contribution < 1.29 is 14.7 Å². The molecule has 28 heavy (non-hydrogen) atoms. The van der Waals surface area contributed by atoms with Gasteiger partial charge in [-0.05, 0) is 18.4 Å². The van der Waals surface area contributed by atoms with Gasteiger partial charge >= 0.3 is 6.09 Å². The molecule has 0 spiro atoms. The quantitative estimate of drug-likeness (QED) is 0.850. The second kappa shape index (κ2) is 8.49. The highest BCUT2D eigenvalue weighted by molar-refractivity contribution is 5.86. The van der Waals surface area contributed by atoms with E-state index in [9.17, 15) is 14.7 Å². The van der Waals surface area contributed by atoms with Crippen molar-refractivity contribution in [1.29, 1.82) is 0 Å². The molecule has 2 amide bonds. The van der Waals surface area contributed by atoms with E-state index in [2.05, 4.69) is 21.9 Å². The number of carbonyl (C=O) groups excluding carboxylic acids is 1. The van der Waals surface area contributed by atoms with Gasteiger partial charge in [-0.15, -0.1) is 0 Å². The van der Waals surface area contributed by atoms with Crippen LogP contribution in [0.15, 0.2) is 30.3 Å². The Balaban J connectivity index is 1.35. The third-order valence-electron chi connectivity index (χ3n) is 6.47. The lowest BCUT2D eigenvalue weighted by molar-refractivity contribution is -0.141. The van der Waals surface area contributed by atoms with Gasteiger partial charge < -0.3 is 10.0 Å². The fourth-order valence-electron chi connectivity index (χ4n) is 4.51. The summed E-state index contributed by atoms with van der Waals surface area (Å²) in [6, 6.07) is 10.3. The van der Waals surface area contributed by atoms with Crippen LogP contribution < -0.4 is 0 Å². The topological polar surface area (TPSA) is 67.3 Å². The highest BCUT2D eigenvalue weighted by Gasteiger charge is 2.40. The van der Waals surface area contributed by atoms with E-state index < -0.39 is 12.1 Å². The lowest BCUT2D eigenvalue weighted by Crippen LogP contribution is -2.64. The summed E-state index contributed by atoms with van der Waals surface area (Å²) in [6.45, 7) is 5.59. The molecule has 0 unspecified atom stereocenters. The third-order valence-corrected chi connectivity index (χ3v) is 6.47. The maximum atomic E-state index is 13.2. The van der Waals surface area contributed by atoms with E-state index in [1.165, 1.54) is 29.7 Å². The van der Waals surface area contributed by atoms with Gasteiger partial charge in [-0.1, -0.05) is 36.8 Å². The van der Waals surface area contributed by atoms with Crippen molar-refractivity contribution >= 4 is 12.0 Å². The summed E-state index contributed by atoms with van der Waals surface area (Å²) in [5.41, 5.74) is 1.28. The Hall–Kier alpha value is -2.12. The summed E-state index contributed by atoms with van der Waals surface area (Å²) in [5.74, 6) is -0.0224. The molecular weight excluding hydrogens is 356 g/mol. The van der Waals surface area contributed by atoms with Crippen molar-refractivity contribution in [2.75, 3.05) is 45.8 Å². The van der Waals surface area contributed by atoms with Crippen molar-refractivity contribution in [3.63, 3.8) is 0 Å². The van der Waals surface area contributed by atoms with Crippen LogP contribution in [0, 0.1) is 0 Å². The van der Waals surface area contributed by atoms with Crippen LogP contribution in [-0.4, -0.2) is 94.6 Å². The van der Waals surface area contributed by atoms with Gasteiger partial charge in [0, 0.05) is 58.4 Å². The molecule has 3 fully saturated rings. The highest BCUT2D eigenvalue weighted by atomic mass is 16.4. The first kappa shape index (κ1) is 19.2. The number of hydrogen-bond donors (Lipinski definition) is 1. The molecule has 152 valence electrons. The molecule has 1 saturated carbocycles. The van der Waals surface area contributed by atoms with Gasteiger partial charge in [0.15, 0.2) is 0 Å². The molecule has 2 saturated heterocycles. The number of carboxylic acid groups (broad SMARTS) is 1. The molecule has 1 atom stereocenters. The summed E-state index contributed by atoms with van der Waals surface area (Å²) < 4.78 is 0. The summed E-state index contributed by atoms with van der Waals surface area (Å²) in [6.07, 6.45) is 2.61. The molecule has 7 heteroatoms. The number of piperazine rings is 2. The van der Waals surface area contributed by atoms with E-state index in [0.29, 0.717) is 32.2 Å². The fourth-order valence-corrected chi connectivity index (χ4v) is 4.51. The maximum Gasteiger partial charge on any atom is 0.408 e. The van der Waals surface area contributed by atoms with Gasteiger partial charge in [0.25, 0.3) is 0 Å². The molecule has 1 N–H and O–H groups in total. The Labute approximate surface area is 166 Å². The highest BCUT2D eigenvalue weighted by Crippen LogP contribution is 2.27. The standard InChI is InChI=1S/C21H30N4O3/c26-20(19-16-24(18-7-4-8-18)13-14-25(19)21(27)28)23-11-9-22(10-12-23)15-17-5-2-1-3-6-17/h1-3,5-6,18-19H,4,7-16H2,(H,27,28)/t19-/m1/s1. The van der Waals surface area contributed by atoms with Crippen LogP contribution in [0.25, 0.3) is 0 Å². The first-order valence-corrected chi connectivity index (χ1v) is 10.4. The molecule has 3 aliphatic rings. The summed E-state index contributed by atoms with van der Waals surface area (Å²) in [7, 11) is 0. The third kappa shape index (κ3) is 4.15. The lowest BCUT2D eigenvalue weighted by Gasteiger charge is -2.47. The summed E-state index contributed by atoms with van der Waals surface area (Å²) in [5, 5.41) is 9.59. The number of hydrogen-bond acceptors (Lipinski definition) is 4. The molecule has 0 radical (unpaired) electrons. The molecular formula is C21H30N4O3. The van der Waals surface area contributed by atoms with Crippen LogP contribution in [0.4, 0.5) is 4.79 Å². The predicted octanol–water partition coefficient (Wildman–Crippen LogP) is 1.55. The van der Waals surface area contributed by atoms with Crippen molar-refractivity contribution in [1.82, 2.24) is 19.6 Å². The SMILES string of the molecule is O=C([C@H]1CN(C2CCC2)CCN1C(=O)O)N1CCN(Cc2ccccc2)CC1. The van der Waals surface area contributed by atoms with E-state index in [1.807, 2.05) is 23.1 Å². The Bertz CT molecular complexity index is 686. The molecule has 2 heterocycles. The summed E-state index contributed by atoms with van der Waals surface area (Å²) in [4.78, 5) is 32.8. The van der Waals surface area contributed by atoms with E-state index in [0.717, 1.165) is 26.2 Å². The van der Waals surface area contributed by atoms with Crippen LogP contribution in [0.3, 0.4) is 0 Å². The number of benzene rings is 1. The second-order valence-electron chi connectivity index (χ2n) is 8.16. The first-order chi connectivity index (χ1) is 13.6. The normalized spacial score (nSPS) is 24.8. The van der Waals surface area contributed by atoms with Crippen molar-refractivity contribution in [3.05, 3.63) is 35.9 Å². The largest absolute Gasteiger partial charge is 0.465 e.